The number of aromatic nitrogens is 1. The van der Waals surface area contributed by atoms with E-state index in [4.69, 9.17) is 4.74 Å². The Bertz CT molecular complexity index is 944. The molecule has 0 aliphatic carbocycles. The maximum absolute atomic E-state index is 11.2. The molecule has 0 bridgehead atoms. The molecule has 1 unspecified atom stereocenters. The first-order valence-electron chi connectivity index (χ1n) is 8.55. The van der Waals surface area contributed by atoms with Gasteiger partial charge in [0.2, 0.25) is 0 Å². The number of hydrogen-bond donors (Lipinski definition) is 2. The molecule has 0 aliphatic heterocycles. The number of carboxylic acid groups (broad SMARTS) is 1. The number of ether oxygens (including phenoxy) is 1. The first kappa shape index (κ1) is 18.5. The van der Waals surface area contributed by atoms with Gasteiger partial charge in [0.05, 0.1) is 13.5 Å². The van der Waals surface area contributed by atoms with Gasteiger partial charge >= 0.3 is 5.97 Å². The number of H-pyrrole nitrogens is 1. The molecule has 4 nitrogen and oxygen atoms in total. The van der Waals surface area contributed by atoms with E-state index in [1.807, 2.05) is 38.1 Å². The van der Waals surface area contributed by atoms with Crippen LogP contribution in [0.4, 0.5) is 0 Å². The highest BCUT2D eigenvalue weighted by molar-refractivity contribution is 9.10. The van der Waals surface area contributed by atoms with Crippen molar-refractivity contribution in [1.82, 2.24) is 4.98 Å². The van der Waals surface area contributed by atoms with E-state index in [1.165, 1.54) is 5.56 Å². The van der Waals surface area contributed by atoms with Gasteiger partial charge < -0.3 is 14.8 Å². The molecule has 26 heavy (non-hydrogen) atoms. The molecule has 0 spiro atoms. The van der Waals surface area contributed by atoms with Gasteiger partial charge in [-0.3, -0.25) is 4.79 Å². The van der Waals surface area contributed by atoms with E-state index < -0.39 is 5.97 Å². The van der Waals surface area contributed by atoms with Gasteiger partial charge in [-0.2, -0.15) is 0 Å². The fraction of sp³-hybridized carbons (Fsp3) is 0.286. The number of fused-ring (bicyclic) bond motifs is 1. The van der Waals surface area contributed by atoms with E-state index in [9.17, 15) is 9.90 Å². The molecule has 2 N–H and O–H groups in total. The zero-order valence-corrected chi connectivity index (χ0v) is 16.7. The van der Waals surface area contributed by atoms with Crippen LogP contribution in [0.3, 0.4) is 0 Å². The Kier molecular flexibility index (Phi) is 5.37. The van der Waals surface area contributed by atoms with Crippen molar-refractivity contribution in [2.75, 3.05) is 7.11 Å². The molecule has 136 valence electrons. The monoisotopic (exact) mass is 415 g/mol. The summed E-state index contributed by atoms with van der Waals surface area (Å²) in [6.07, 6.45) is 0.820. The van der Waals surface area contributed by atoms with Crippen LogP contribution in [0.1, 0.15) is 41.6 Å². The third-order valence-electron chi connectivity index (χ3n) is 4.75. The predicted molar refractivity (Wildman–Crippen MR) is 107 cm³/mol. The molecule has 2 aromatic carbocycles. The summed E-state index contributed by atoms with van der Waals surface area (Å²) in [5.41, 5.74) is 5.36. The molecule has 0 radical (unpaired) electrons. The second kappa shape index (κ2) is 7.54. The largest absolute Gasteiger partial charge is 0.496 e. The van der Waals surface area contributed by atoms with E-state index in [1.54, 1.807) is 7.11 Å². The minimum absolute atomic E-state index is 0.0861. The van der Waals surface area contributed by atoms with E-state index in [-0.39, 0.29) is 12.3 Å². The topological polar surface area (TPSA) is 62.3 Å². The third-order valence-corrected chi connectivity index (χ3v) is 5.28. The summed E-state index contributed by atoms with van der Waals surface area (Å²) >= 11 is 3.47. The number of nitrogens with one attached hydrogen (secondary N) is 1. The Balaban J connectivity index is 2.18. The summed E-state index contributed by atoms with van der Waals surface area (Å²) in [6.45, 7) is 3.97. The summed E-state index contributed by atoms with van der Waals surface area (Å²) in [5.74, 6) is -0.0520. The Morgan fingerprint density at radius 3 is 2.54 bits per heavy atom. The van der Waals surface area contributed by atoms with Gasteiger partial charge in [-0.1, -0.05) is 35.0 Å². The third kappa shape index (κ3) is 3.63. The van der Waals surface area contributed by atoms with Gasteiger partial charge in [0, 0.05) is 33.1 Å². The van der Waals surface area contributed by atoms with Gasteiger partial charge in [-0.05, 0) is 48.2 Å². The molecular formula is C21H22BrNO3. The minimum atomic E-state index is -0.788. The maximum Gasteiger partial charge on any atom is 0.303 e. The van der Waals surface area contributed by atoms with Crippen LogP contribution >= 0.6 is 15.9 Å². The number of rotatable bonds is 6. The number of halogens is 1. The highest BCUT2D eigenvalue weighted by atomic mass is 79.9. The lowest BCUT2D eigenvalue weighted by Gasteiger charge is -2.15. The van der Waals surface area contributed by atoms with Crippen molar-refractivity contribution in [3.63, 3.8) is 0 Å². The van der Waals surface area contributed by atoms with Gasteiger partial charge in [0.15, 0.2) is 0 Å². The minimum Gasteiger partial charge on any atom is -0.496 e. The van der Waals surface area contributed by atoms with E-state index in [2.05, 4.69) is 33.0 Å². The Labute approximate surface area is 161 Å². The molecule has 3 rings (SSSR count). The van der Waals surface area contributed by atoms with E-state index in [0.29, 0.717) is 0 Å². The van der Waals surface area contributed by atoms with Gasteiger partial charge in [-0.15, -0.1) is 0 Å². The normalized spacial score (nSPS) is 12.3. The second-order valence-corrected chi connectivity index (χ2v) is 7.55. The Morgan fingerprint density at radius 2 is 1.92 bits per heavy atom. The molecule has 1 heterocycles. The zero-order chi connectivity index (χ0) is 18.8. The number of methoxy groups -OCH3 is 1. The molecule has 0 fully saturated rings. The molecular weight excluding hydrogens is 394 g/mol. The molecule has 5 heteroatoms. The molecule has 0 saturated carbocycles. The van der Waals surface area contributed by atoms with Crippen molar-refractivity contribution in [1.29, 1.82) is 0 Å². The fourth-order valence-electron chi connectivity index (χ4n) is 3.65. The average molecular weight is 416 g/mol. The molecule has 0 saturated heterocycles. The van der Waals surface area contributed by atoms with Crippen LogP contribution in [0.25, 0.3) is 10.9 Å². The quantitative estimate of drug-likeness (QED) is 0.564. The molecule has 3 aromatic rings. The number of aryl methyl sites for hydroxylation is 1. The standard InChI is InChI=1S/C21H22BrNO3/c1-12(10-19(24)25)20-13(2)23-17-8-9-18(26-3)16(21(17)20)11-14-4-6-15(22)7-5-14/h4-9,12,23H,10-11H2,1-3H3,(H,24,25). The van der Waals surface area contributed by atoms with Gasteiger partial charge in [0.1, 0.15) is 5.75 Å². The lowest BCUT2D eigenvalue weighted by Crippen LogP contribution is -2.05. The molecule has 0 amide bonds. The number of hydrogen-bond acceptors (Lipinski definition) is 2. The van der Waals surface area contributed by atoms with Crippen molar-refractivity contribution < 1.29 is 14.6 Å². The highest BCUT2D eigenvalue weighted by Crippen LogP contribution is 2.38. The van der Waals surface area contributed by atoms with Crippen LogP contribution in [0.2, 0.25) is 0 Å². The average Bonchev–Trinajstić information content (AvgIpc) is 2.93. The lowest BCUT2D eigenvalue weighted by molar-refractivity contribution is -0.137. The Hall–Kier alpha value is -2.27. The summed E-state index contributed by atoms with van der Waals surface area (Å²) in [4.78, 5) is 14.7. The molecule has 0 aliphatic rings. The summed E-state index contributed by atoms with van der Waals surface area (Å²) in [6, 6.07) is 12.2. The van der Waals surface area contributed by atoms with Crippen LogP contribution < -0.4 is 4.74 Å². The van der Waals surface area contributed by atoms with Gasteiger partial charge in [0.25, 0.3) is 0 Å². The summed E-state index contributed by atoms with van der Waals surface area (Å²) in [7, 11) is 1.67. The summed E-state index contributed by atoms with van der Waals surface area (Å²) in [5, 5.41) is 10.3. The van der Waals surface area contributed by atoms with Crippen LogP contribution in [0, 0.1) is 6.92 Å². The Morgan fingerprint density at radius 1 is 1.23 bits per heavy atom. The number of aliphatic carboxylic acids is 1. The van der Waals surface area contributed by atoms with Gasteiger partial charge in [-0.25, -0.2) is 0 Å². The van der Waals surface area contributed by atoms with Crippen molar-refractivity contribution in [3.8, 4) is 5.75 Å². The number of carboxylic acids is 1. The lowest BCUT2D eigenvalue weighted by atomic mass is 9.90. The van der Waals surface area contributed by atoms with Crippen molar-refractivity contribution in [2.24, 2.45) is 0 Å². The van der Waals surface area contributed by atoms with Crippen LogP contribution in [-0.2, 0) is 11.2 Å². The highest BCUT2D eigenvalue weighted by Gasteiger charge is 2.22. The van der Waals surface area contributed by atoms with Crippen molar-refractivity contribution in [2.45, 2.75) is 32.6 Å². The predicted octanol–water partition coefficient (Wildman–Crippen LogP) is 5.42. The molecule has 1 atom stereocenters. The zero-order valence-electron chi connectivity index (χ0n) is 15.1. The summed E-state index contributed by atoms with van der Waals surface area (Å²) < 4.78 is 6.68. The fourth-order valence-corrected chi connectivity index (χ4v) is 3.91. The first-order valence-corrected chi connectivity index (χ1v) is 9.34. The van der Waals surface area contributed by atoms with E-state index in [0.717, 1.165) is 44.4 Å². The van der Waals surface area contributed by atoms with Crippen molar-refractivity contribution in [3.05, 3.63) is 63.3 Å². The maximum atomic E-state index is 11.2. The van der Waals surface area contributed by atoms with Crippen LogP contribution in [-0.4, -0.2) is 23.2 Å². The van der Waals surface area contributed by atoms with Crippen molar-refractivity contribution >= 4 is 32.8 Å². The van der Waals surface area contributed by atoms with Crippen LogP contribution in [0.5, 0.6) is 5.75 Å². The number of carbonyl (C=O) groups is 1. The second-order valence-electron chi connectivity index (χ2n) is 6.63. The smallest absolute Gasteiger partial charge is 0.303 e. The first-order chi connectivity index (χ1) is 12.4. The number of aromatic amines is 1. The SMILES string of the molecule is COc1ccc2[nH]c(C)c(C(C)CC(=O)O)c2c1Cc1ccc(Br)cc1. The van der Waals surface area contributed by atoms with E-state index >= 15 is 0 Å². The molecule has 1 aromatic heterocycles. The number of benzene rings is 2. The van der Waals surface area contributed by atoms with Crippen LogP contribution in [0.15, 0.2) is 40.9 Å².